The Morgan fingerprint density at radius 1 is 1.29 bits per heavy atom. The summed E-state index contributed by atoms with van der Waals surface area (Å²) in [5, 5.41) is 10.9. The molecule has 0 aliphatic rings. The van der Waals surface area contributed by atoms with Gasteiger partial charge in [0, 0.05) is 13.6 Å². The Labute approximate surface area is 82.6 Å². The lowest BCUT2D eigenvalue weighted by Gasteiger charge is -2.04. The topological polar surface area (TPSA) is 42.7 Å². The highest BCUT2D eigenvalue weighted by molar-refractivity contribution is 5.26. The first-order valence-electron chi connectivity index (χ1n) is 4.48. The number of nitrogens with zero attached hydrogens (tertiary/aromatic N) is 3. The summed E-state index contributed by atoms with van der Waals surface area (Å²) in [5.74, 6) is 0.786. The third kappa shape index (κ3) is 1.90. The van der Waals surface area contributed by atoms with E-state index in [9.17, 15) is 0 Å². The average molecular weight is 188 g/mol. The summed E-state index contributed by atoms with van der Waals surface area (Å²) in [5.41, 5.74) is 1.23. The number of hydrogen-bond donors (Lipinski definition) is 1. The van der Waals surface area contributed by atoms with E-state index < -0.39 is 0 Å². The number of benzene rings is 1. The molecule has 0 aliphatic heterocycles. The van der Waals surface area contributed by atoms with E-state index in [1.165, 1.54) is 5.56 Å². The Morgan fingerprint density at radius 3 is 2.71 bits per heavy atom. The summed E-state index contributed by atoms with van der Waals surface area (Å²) in [4.78, 5) is 0. The fourth-order valence-corrected chi connectivity index (χ4v) is 1.22. The minimum atomic E-state index is 0.771. The molecule has 0 saturated carbocycles. The lowest BCUT2D eigenvalue weighted by atomic mass is 10.2. The van der Waals surface area contributed by atoms with Gasteiger partial charge in [0.2, 0.25) is 5.95 Å². The van der Waals surface area contributed by atoms with Gasteiger partial charge in [-0.3, -0.25) is 0 Å². The van der Waals surface area contributed by atoms with Crippen molar-refractivity contribution in [3.05, 3.63) is 42.2 Å². The molecule has 0 bridgehead atoms. The quantitative estimate of drug-likeness (QED) is 0.792. The van der Waals surface area contributed by atoms with Gasteiger partial charge >= 0.3 is 0 Å². The number of aromatic nitrogens is 3. The molecule has 4 heteroatoms. The predicted octanol–water partition coefficient (Wildman–Crippen LogP) is 1.43. The van der Waals surface area contributed by atoms with Crippen LogP contribution in [0.25, 0.3) is 0 Å². The number of rotatable bonds is 3. The van der Waals surface area contributed by atoms with E-state index in [1.807, 2.05) is 29.8 Å². The zero-order chi connectivity index (χ0) is 9.80. The zero-order valence-electron chi connectivity index (χ0n) is 8.01. The lowest BCUT2D eigenvalue weighted by molar-refractivity contribution is 0.898. The van der Waals surface area contributed by atoms with Crippen LogP contribution in [0.15, 0.2) is 36.7 Å². The molecule has 0 aliphatic carbocycles. The molecule has 4 nitrogen and oxygen atoms in total. The molecule has 0 radical (unpaired) electrons. The van der Waals surface area contributed by atoms with Gasteiger partial charge in [0.05, 0.1) is 0 Å². The molecule has 0 unspecified atom stereocenters. The van der Waals surface area contributed by atoms with Crippen LogP contribution in [0.4, 0.5) is 5.95 Å². The molecule has 1 heterocycles. The summed E-state index contributed by atoms with van der Waals surface area (Å²) in [6.45, 7) is 0.771. The van der Waals surface area contributed by atoms with E-state index >= 15 is 0 Å². The second-order valence-electron chi connectivity index (χ2n) is 3.10. The van der Waals surface area contributed by atoms with Crippen molar-refractivity contribution in [2.45, 2.75) is 6.54 Å². The van der Waals surface area contributed by atoms with Crippen LogP contribution in [0.1, 0.15) is 5.56 Å². The monoisotopic (exact) mass is 188 g/mol. The van der Waals surface area contributed by atoms with Crippen molar-refractivity contribution in [3.63, 3.8) is 0 Å². The summed E-state index contributed by atoms with van der Waals surface area (Å²) in [6.07, 6.45) is 1.67. The molecule has 2 aromatic rings. The smallest absolute Gasteiger partial charge is 0.224 e. The van der Waals surface area contributed by atoms with Gasteiger partial charge in [0.15, 0.2) is 0 Å². The summed E-state index contributed by atoms with van der Waals surface area (Å²) < 4.78 is 1.85. The van der Waals surface area contributed by atoms with E-state index in [-0.39, 0.29) is 0 Å². The molecule has 14 heavy (non-hydrogen) atoms. The summed E-state index contributed by atoms with van der Waals surface area (Å²) in [7, 11) is 1.91. The Morgan fingerprint density at radius 2 is 2.07 bits per heavy atom. The fourth-order valence-electron chi connectivity index (χ4n) is 1.22. The third-order valence-corrected chi connectivity index (χ3v) is 2.00. The van der Waals surface area contributed by atoms with Gasteiger partial charge in [-0.05, 0) is 5.56 Å². The molecule has 72 valence electrons. The standard InChI is InChI=1S/C10H12N4/c1-14-8-12-13-10(14)11-7-9-5-3-2-4-6-9/h2-6,8H,7H2,1H3,(H,11,13). The first-order chi connectivity index (χ1) is 6.86. The van der Waals surface area contributed by atoms with Gasteiger partial charge in [0.1, 0.15) is 6.33 Å². The summed E-state index contributed by atoms with van der Waals surface area (Å²) >= 11 is 0. The largest absolute Gasteiger partial charge is 0.350 e. The maximum absolute atomic E-state index is 3.93. The Hall–Kier alpha value is -1.84. The van der Waals surface area contributed by atoms with Gasteiger partial charge in [-0.15, -0.1) is 10.2 Å². The minimum Gasteiger partial charge on any atom is -0.350 e. The van der Waals surface area contributed by atoms with Gasteiger partial charge in [-0.2, -0.15) is 0 Å². The molecule has 1 aromatic carbocycles. The van der Waals surface area contributed by atoms with Gasteiger partial charge < -0.3 is 9.88 Å². The van der Waals surface area contributed by atoms with Crippen LogP contribution >= 0.6 is 0 Å². The molecule has 0 atom stereocenters. The van der Waals surface area contributed by atoms with Crippen LogP contribution in [0.3, 0.4) is 0 Å². The molecule has 0 saturated heterocycles. The van der Waals surface area contributed by atoms with Crippen LogP contribution in [-0.4, -0.2) is 14.8 Å². The molecular formula is C10H12N4. The van der Waals surface area contributed by atoms with Crippen LogP contribution < -0.4 is 5.32 Å². The molecule has 0 amide bonds. The highest BCUT2D eigenvalue weighted by atomic mass is 15.3. The zero-order valence-corrected chi connectivity index (χ0v) is 8.01. The van der Waals surface area contributed by atoms with Crippen molar-refractivity contribution in [1.82, 2.24) is 14.8 Å². The van der Waals surface area contributed by atoms with Gasteiger partial charge in [-0.1, -0.05) is 30.3 Å². The molecule has 2 rings (SSSR count). The molecule has 1 N–H and O–H groups in total. The lowest BCUT2D eigenvalue weighted by Crippen LogP contribution is -2.04. The average Bonchev–Trinajstić information content (AvgIpc) is 2.63. The van der Waals surface area contributed by atoms with Crippen molar-refractivity contribution in [1.29, 1.82) is 0 Å². The number of hydrogen-bond acceptors (Lipinski definition) is 3. The van der Waals surface area contributed by atoms with Crippen LogP contribution in [0, 0.1) is 0 Å². The van der Waals surface area contributed by atoms with Crippen molar-refractivity contribution in [2.24, 2.45) is 7.05 Å². The number of anilines is 1. The predicted molar refractivity (Wildman–Crippen MR) is 54.8 cm³/mol. The van der Waals surface area contributed by atoms with E-state index in [1.54, 1.807) is 6.33 Å². The second kappa shape index (κ2) is 3.91. The maximum Gasteiger partial charge on any atom is 0.224 e. The van der Waals surface area contributed by atoms with Crippen LogP contribution in [-0.2, 0) is 13.6 Å². The van der Waals surface area contributed by atoms with Crippen LogP contribution in [0.5, 0.6) is 0 Å². The maximum atomic E-state index is 3.93. The number of aryl methyl sites for hydroxylation is 1. The van der Waals surface area contributed by atoms with Gasteiger partial charge in [0.25, 0.3) is 0 Å². The van der Waals surface area contributed by atoms with Gasteiger partial charge in [-0.25, -0.2) is 0 Å². The minimum absolute atomic E-state index is 0.771. The fraction of sp³-hybridized carbons (Fsp3) is 0.200. The molecule has 1 aromatic heterocycles. The molecule has 0 spiro atoms. The van der Waals surface area contributed by atoms with E-state index in [4.69, 9.17) is 0 Å². The van der Waals surface area contributed by atoms with E-state index in [0.717, 1.165) is 12.5 Å². The highest BCUT2D eigenvalue weighted by Gasteiger charge is 1.98. The molecule has 0 fully saturated rings. The van der Waals surface area contributed by atoms with Crippen molar-refractivity contribution in [3.8, 4) is 0 Å². The first kappa shape index (κ1) is 8.74. The molecular weight excluding hydrogens is 176 g/mol. The van der Waals surface area contributed by atoms with Crippen LogP contribution in [0.2, 0.25) is 0 Å². The SMILES string of the molecule is Cn1cnnc1NCc1ccccc1. The first-order valence-corrected chi connectivity index (χ1v) is 4.48. The second-order valence-corrected chi connectivity index (χ2v) is 3.10. The normalized spacial score (nSPS) is 10.1. The Kier molecular flexibility index (Phi) is 2.44. The third-order valence-electron chi connectivity index (χ3n) is 2.00. The van der Waals surface area contributed by atoms with Crippen molar-refractivity contribution in [2.75, 3.05) is 5.32 Å². The number of nitrogens with one attached hydrogen (secondary N) is 1. The summed E-state index contributed by atoms with van der Waals surface area (Å²) in [6, 6.07) is 10.2. The Balaban J connectivity index is 1.99. The van der Waals surface area contributed by atoms with Crippen molar-refractivity contribution < 1.29 is 0 Å². The van der Waals surface area contributed by atoms with E-state index in [0.29, 0.717) is 0 Å². The van der Waals surface area contributed by atoms with Crippen molar-refractivity contribution >= 4 is 5.95 Å². The highest BCUT2D eigenvalue weighted by Crippen LogP contribution is 2.03. The van der Waals surface area contributed by atoms with E-state index in [2.05, 4.69) is 27.6 Å². The Bertz CT molecular complexity index is 394.